The molecular formula is C27H27FN2O3. The number of para-hydroxylation sites is 2. The Morgan fingerprint density at radius 3 is 2.33 bits per heavy atom. The lowest BCUT2D eigenvalue weighted by molar-refractivity contribution is 0.408. The van der Waals surface area contributed by atoms with Gasteiger partial charge < -0.3 is 24.4 Å². The van der Waals surface area contributed by atoms with Crippen molar-refractivity contribution in [2.75, 3.05) is 31.5 Å². The van der Waals surface area contributed by atoms with Crippen molar-refractivity contribution in [3.63, 3.8) is 0 Å². The summed E-state index contributed by atoms with van der Waals surface area (Å²) < 4.78 is 31.1. The minimum atomic E-state index is -0.344. The Bertz CT molecular complexity index is 1280. The summed E-state index contributed by atoms with van der Waals surface area (Å²) in [5, 5.41) is 3.63. The third-order valence-corrected chi connectivity index (χ3v) is 6.24. The van der Waals surface area contributed by atoms with E-state index in [-0.39, 0.29) is 11.4 Å². The molecule has 33 heavy (non-hydrogen) atoms. The van der Waals surface area contributed by atoms with Crippen LogP contribution < -0.4 is 24.4 Å². The largest absolute Gasteiger partial charge is 0.496 e. The van der Waals surface area contributed by atoms with E-state index in [1.165, 1.54) is 12.1 Å². The van der Waals surface area contributed by atoms with Gasteiger partial charge in [-0.3, -0.25) is 0 Å². The van der Waals surface area contributed by atoms with Gasteiger partial charge in [-0.1, -0.05) is 12.1 Å². The van der Waals surface area contributed by atoms with Crippen LogP contribution in [-0.4, -0.2) is 26.9 Å². The molecule has 0 saturated heterocycles. The monoisotopic (exact) mass is 446 g/mol. The zero-order valence-electron chi connectivity index (χ0n) is 19.5. The zero-order valence-corrected chi connectivity index (χ0v) is 19.5. The van der Waals surface area contributed by atoms with E-state index in [9.17, 15) is 4.39 Å². The predicted molar refractivity (Wildman–Crippen MR) is 130 cm³/mol. The van der Waals surface area contributed by atoms with E-state index in [0.717, 1.165) is 45.1 Å². The normalized spacial score (nSPS) is 15.5. The lowest BCUT2D eigenvalue weighted by Crippen LogP contribution is -2.33. The molecule has 0 saturated carbocycles. The van der Waals surface area contributed by atoms with Crippen LogP contribution in [0.3, 0.4) is 0 Å². The molecule has 0 fully saturated rings. The quantitative estimate of drug-likeness (QED) is 0.514. The zero-order chi connectivity index (χ0) is 23.3. The molecule has 0 spiro atoms. The molecule has 3 aromatic rings. The van der Waals surface area contributed by atoms with Crippen LogP contribution in [0.2, 0.25) is 0 Å². The second-order valence-corrected chi connectivity index (χ2v) is 8.83. The van der Waals surface area contributed by atoms with Crippen LogP contribution in [0.5, 0.6) is 17.2 Å². The number of anilines is 2. The van der Waals surface area contributed by atoms with Gasteiger partial charge >= 0.3 is 0 Å². The molecule has 3 aromatic carbocycles. The van der Waals surface area contributed by atoms with Crippen LogP contribution in [0.25, 0.3) is 16.8 Å². The number of nitrogens with zero attached hydrogens (tertiary/aromatic N) is 1. The number of benzene rings is 3. The Morgan fingerprint density at radius 1 is 0.879 bits per heavy atom. The molecule has 5 nitrogen and oxygen atoms in total. The van der Waals surface area contributed by atoms with Crippen molar-refractivity contribution in [2.24, 2.45) is 0 Å². The van der Waals surface area contributed by atoms with Gasteiger partial charge in [-0.2, -0.15) is 0 Å². The van der Waals surface area contributed by atoms with Crippen molar-refractivity contribution in [1.29, 1.82) is 0 Å². The third-order valence-electron chi connectivity index (χ3n) is 6.24. The lowest BCUT2D eigenvalue weighted by atomic mass is 9.88. The van der Waals surface area contributed by atoms with Crippen molar-refractivity contribution in [3.8, 4) is 28.4 Å². The Morgan fingerprint density at radius 2 is 1.61 bits per heavy atom. The Labute approximate surface area is 193 Å². The van der Waals surface area contributed by atoms with Crippen molar-refractivity contribution < 1.29 is 18.6 Å². The van der Waals surface area contributed by atoms with Crippen LogP contribution in [0.1, 0.15) is 25.0 Å². The van der Waals surface area contributed by atoms with Crippen LogP contribution >= 0.6 is 0 Å². The number of hydrogen-bond donors (Lipinski definition) is 1. The molecule has 0 radical (unpaired) electrons. The minimum Gasteiger partial charge on any atom is -0.496 e. The fourth-order valence-corrected chi connectivity index (χ4v) is 4.91. The average molecular weight is 447 g/mol. The highest BCUT2D eigenvalue weighted by Crippen LogP contribution is 2.53. The highest BCUT2D eigenvalue weighted by Gasteiger charge is 2.38. The molecule has 0 atom stereocenters. The first-order valence-electron chi connectivity index (χ1n) is 10.9. The van der Waals surface area contributed by atoms with E-state index >= 15 is 0 Å². The highest BCUT2D eigenvalue weighted by molar-refractivity contribution is 5.99. The van der Waals surface area contributed by atoms with Crippen molar-refractivity contribution in [2.45, 2.75) is 25.9 Å². The molecule has 5 rings (SSSR count). The van der Waals surface area contributed by atoms with Crippen LogP contribution in [0, 0.1) is 5.82 Å². The van der Waals surface area contributed by atoms with Crippen LogP contribution in [0.4, 0.5) is 15.8 Å². The number of ether oxygens (including phenoxy) is 3. The fraction of sp³-hybridized carbons (Fsp3) is 0.259. The van der Waals surface area contributed by atoms with Crippen LogP contribution in [-0.2, 0) is 6.54 Å². The molecule has 0 amide bonds. The summed E-state index contributed by atoms with van der Waals surface area (Å²) in [6, 6.07) is 14.7. The van der Waals surface area contributed by atoms with E-state index in [4.69, 9.17) is 14.2 Å². The lowest BCUT2D eigenvalue weighted by Gasteiger charge is -2.34. The van der Waals surface area contributed by atoms with E-state index < -0.39 is 0 Å². The molecule has 0 bridgehead atoms. The maximum Gasteiger partial charge on any atom is 0.142 e. The molecule has 170 valence electrons. The Balaban J connectivity index is 1.80. The SMILES string of the molecule is COc1cc(F)ccc1-c1c(OC)cc2c3c1CN(c1ccccc1OC)C3=CC(C)(C)N2. The van der Waals surface area contributed by atoms with Crippen LogP contribution in [0.15, 0.2) is 54.6 Å². The van der Waals surface area contributed by atoms with Gasteiger partial charge in [-0.15, -0.1) is 0 Å². The second-order valence-electron chi connectivity index (χ2n) is 8.83. The number of rotatable bonds is 5. The van der Waals surface area contributed by atoms with Gasteiger partial charge in [0.1, 0.15) is 23.1 Å². The van der Waals surface area contributed by atoms with Gasteiger partial charge in [-0.05, 0) is 49.8 Å². The molecule has 2 aliphatic heterocycles. The summed E-state index contributed by atoms with van der Waals surface area (Å²) in [5.41, 5.74) is 6.74. The van der Waals surface area contributed by atoms with Gasteiger partial charge in [0, 0.05) is 46.8 Å². The maximum atomic E-state index is 14.0. The Hall–Kier alpha value is -3.67. The summed E-state index contributed by atoms with van der Waals surface area (Å²) in [5.74, 6) is 1.63. The van der Waals surface area contributed by atoms with E-state index in [2.05, 4.69) is 36.2 Å². The molecule has 0 aliphatic carbocycles. The van der Waals surface area contributed by atoms with E-state index in [1.807, 2.05) is 24.3 Å². The number of halogens is 1. The molecule has 6 heteroatoms. The summed E-state index contributed by atoms with van der Waals surface area (Å²) in [7, 11) is 4.90. The van der Waals surface area contributed by atoms with Gasteiger partial charge in [0.15, 0.2) is 0 Å². The first kappa shape index (κ1) is 21.2. The van der Waals surface area contributed by atoms with Crippen molar-refractivity contribution >= 4 is 17.1 Å². The highest BCUT2D eigenvalue weighted by atomic mass is 19.1. The predicted octanol–water partition coefficient (Wildman–Crippen LogP) is 6.08. The first-order chi connectivity index (χ1) is 15.9. The van der Waals surface area contributed by atoms with Gasteiger partial charge in [0.25, 0.3) is 0 Å². The molecule has 1 N–H and O–H groups in total. The third kappa shape index (κ3) is 3.37. The smallest absolute Gasteiger partial charge is 0.142 e. The molecule has 0 unspecified atom stereocenters. The summed E-state index contributed by atoms with van der Waals surface area (Å²) in [6.45, 7) is 4.90. The summed E-state index contributed by atoms with van der Waals surface area (Å²) in [4.78, 5) is 2.27. The van der Waals surface area contributed by atoms with E-state index in [1.54, 1.807) is 27.4 Å². The number of nitrogens with one attached hydrogen (secondary N) is 1. The summed E-state index contributed by atoms with van der Waals surface area (Å²) >= 11 is 0. The standard InChI is InChI=1S/C27H27FN2O3/c1-27(2)14-21-26-18(15-30(21)20-8-6-7-9-22(20)31-3)25(24(33-5)13-19(26)29-27)17-11-10-16(28)12-23(17)32-4/h6-14,29H,15H2,1-5H3. The maximum absolute atomic E-state index is 14.0. The van der Waals surface area contributed by atoms with Gasteiger partial charge in [0.2, 0.25) is 0 Å². The Kier molecular flexibility index (Phi) is 4.96. The average Bonchev–Trinajstić information content (AvgIpc) is 3.17. The number of hydrogen-bond acceptors (Lipinski definition) is 5. The van der Waals surface area contributed by atoms with Crippen molar-refractivity contribution in [3.05, 3.63) is 71.6 Å². The molecule has 2 heterocycles. The van der Waals surface area contributed by atoms with Gasteiger partial charge in [-0.25, -0.2) is 4.39 Å². The fourth-order valence-electron chi connectivity index (χ4n) is 4.91. The summed E-state index contributed by atoms with van der Waals surface area (Å²) in [6.07, 6.45) is 2.25. The number of methoxy groups -OCH3 is 3. The van der Waals surface area contributed by atoms with E-state index in [0.29, 0.717) is 18.0 Å². The molecular weight excluding hydrogens is 419 g/mol. The first-order valence-corrected chi connectivity index (χ1v) is 10.9. The molecule has 0 aromatic heterocycles. The topological polar surface area (TPSA) is 43.0 Å². The van der Waals surface area contributed by atoms with Crippen molar-refractivity contribution in [1.82, 2.24) is 0 Å². The molecule has 2 aliphatic rings. The van der Waals surface area contributed by atoms with Gasteiger partial charge in [0.05, 0.1) is 32.6 Å². The minimum absolute atomic E-state index is 0.260. The second kappa shape index (κ2) is 7.73.